The van der Waals surface area contributed by atoms with E-state index < -0.39 is 0 Å². The molecule has 1 amide bonds. The van der Waals surface area contributed by atoms with E-state index in [9.17, 15) is 4.79 Å². The number of hydrogen-bond donors (Lipinski definition) is 2. The summed E-state index contributed by atoms with van der Waals surface area (Å²) in [5, 5.41) is 5.18. The maximum Gasteiger partial charge on any atom is 0.252 e. The fourth-order valence-corrected chi connectivity index (χ4v) is 2.42. The molecule has 0 aliphatic heterocycles. The monoisotopic (exact) mass is 270 g/mol. The Labute approximate surface area is 120 Å². The van der Waals surface area contributed by atoms with Gasteiger partial charge < -0.3 is 11.1 Å². The van der Waals surface area contributed by atoms with Crippen molar-refractivity contribution in [3.63, 3.8) is 0 Å². The first kappa shape index (κ1) is 14.5. The number of carbonyl (C=O) groups excluding carboxylic acids is 1. The van der Waals surface area contributed by atoms with Crippen molar-refractivity contribution < 1.29 is 4.79 Å². The quantitative estimate of drug-likeness (QED) is 0.877. The minimum absolute atomic E-state index is 0.0195. The van der Waals surface area contributed by atoms with Crippen molar-refractivity contribution in [1.29, 1.82) is 0 Å². The lowest BCUT2D eigenvalue weighted by atomic mass is 9.99. The van der Waals surface area contributed by atoms with Gasteiger partial charge in [0.1, 0.15) is 0 Å². The maximum atomic E-state index is 12.5. The SMILES string of the molecule is CC(C)C(CCN)NC(=O)c1cccc2ccccc12. The zero-order valence-corrected chi connectivity index (χ0v) is 12.1. The lowest BCUT2D eigenvalue weighted by Crippen LogP contribution is -2.40. The normalized spacial score (nSPS) is 12.6. The van der Waals surface area contributed by atoms with E-state index >= 15 is 0 Å². The molecule has 0 aliphatic rings. The van der Waals surface area contributed by atoms with Crippen molar-refractivity contribution in [1.82, 2.24) is 5.32 Å². The van der Waals surface area contributed by atoms with Crippen molar-refractivity contribution in [2.75, 3.05) is 6.54 Å². The summed E-state index contributed by atoms with van der Waals surface area (Å²) in [6.07, 6.45) is 0.800. The van der Waals surface area contributed by atoms with Crippen LogP contribution in [0.2, 0.25) is 0 Å². The molecule has 0 aromatic heterocycles. The Hall–Kier alpha value is -1.87. The first-order valence-electron chi connectivity index (χ1n) is 7.12. The molecule has 1 unspecified atom stereocenters. The molecule has 106 valence electrons. The molecule has 0 aliphatic carbocycles. The molecular weight excluding hydrogens is 248 g/mol. The summed E-state index contributed by atoms with van der Waals surface area (Å²) in [7, 11) is 0. The van der Waals surface area contributed by atoms with E-state index in [0.29, 0.717) is 12.5 Å². The van der Waals surface area contributed by atoms with Crippen molar-refractivity contribution in [2.24, 2.45) is 11.7 Å². The second-order valence-electron chi connectivity index (χ2n) is 5.43. The molecule has 0 fully saturated rings. The molecule has 3 nitrogen and oxygen atoms in total. The molecule has 3 N–H and O–H groups in total. The fourth-order valence-electron chi connectivity index (χ4n) is 2.42. The average molecular weight is 270 g/mol. The number of hydrogen-bond acceptors (Lipinski definition) is 2. The Kier molecular flexibility index (Phi) is 4.74. The van der Waals surface area contributed by atoms with Crippen LogP contribution >= 0.6 is 0 Å². The smallest absolute Gasteiger partial charge is 0.252 e. The summed E-state index contributed by atoms with van der Waals surface area (Å²) in [6, 6.07) is 13.9. The Bertz CT molecular complexity index is 587. The number of rotatable bonds is 5. The molecular formula is C17H22N2O. The highest BCUT2D eigenvalue weighted by Gasteiger charge is 2.17. The second kappa shape index (κ2) is 6.53. The molecule has 1 atom stereocenters. The molecule has 0 spiro atoms. The molecule has 2 rings (SSSR count). The number of fused-ring (bicyclic) bond motifs is 1. The van der Waals surface area contributed by atoms with Gasteiger partial charge in [-0.15, -0.1) is 0 Å². The van der Waals surface area contributed by atoms with Gasteiger partial charge in [-0.05, 0) is 35.7 Å². The van der Waals surface area contributed by atoms with Gasteiger partial charge in [-0.2, -0.15) is 0 Å². The van der Waals surface area contributed by atoms with Gasteiger partial charge in [0.2, 0.25) is 0 Å². The van der Waals surface area contributed by atoms with Gasteiger partial charge in [-0.25, -0.2) is 0 Å². The third kappa shape index (κ3) is 3.17. The van der Waals surface area contributed by atoms with Crippen LogP contribution in [-0.4, -0.2) is 18.5 Å². The van der Waals surface area contributed by atoms with Gasteiger partial charge in [-0.1, -0.05) is 50.2 Å². The van der Waals surface area contributed by atoms with Crippen molar-refractivity contribution >= 4 is 16.7 Å². The molecule has 20 heavy (non-hydrogen) atoms. The standard InChI is InChI=1S/C17H22N2O/c1-12(2)16(10-11-18)19-17(20)15-9-5-7-13-6-3-4-8-14(13)15/h3-9,12,16H,10-11,18H2,1-2H3,(H,19,20). The van der Waals surface area contributed by atoms with Crippen molar-refractivity contribution in [3.8, 4) is 0 Å². The maximum absolute atomic E-state index is 12.5. The van der Waals surface area contributed by atoms with E-state index in [0.717, 1.165) is 22.8 Å². The van der Waals surface area contributed by atoms with Crippen LogP contribution in [-0.2, 0) is 0 Å². The Morgan fingerprint density at radius 2 is 1.85 bits per heavy atom. The Morgan fingerprint density at radius 3 is 2.55 bits per heavy atom. The van der Waals surface area contributed by atoms with Gasteiger partial charge in [-0.3, -0.25) is 4.79 Å². The number of nitrogens with two attached hydrogens (primary N) is 1. The van der Waals surface area contributed by atoms with E-state index in [1.54, 1.807) is 0 Å². The van der Waals surface area contributed by atoms with Crippen LogP contribution in [0.4, 0.5) is 0 Å². The van der Waals surface area contributed by atoms with Crippen LogP contribution in [0, 0.1) is 5.92 Å². The first-order valence-corrected chi connectivity index (χ1v) is 7.12. The van der Waals surface area contributed by atoms with Crippen LogP contribution in [0.15, 0.2) is 42.5 Å². The minimum Gasteiger partial charge on any atom is -0.349 e. The Morgan fingerprint density at radius 1 is 1.15 bits per heavy atom. The number of benzene rings is 2. The average Bonchev–Trinajstić information content (AvgIpc) is 2.46. The van der Waals surface area contributed by atoms with Crippen molar-refractivity contribution in [3.05, 3.63) is 48.0 Å². The Balaban J connectivity index is 2.27. The summed E-state index contributed by atoms with van der Waals surface area (Å²) in [5.41, 5.74) is 6.35. The first-order chi connectivity index (χ1) is 9.63. The fraction of sp³-hybridized carbons (Fsp3) is 0.353. The second-order valence-corrected chi connectivity index (χ2v) is 5.43. The third-order valence-electron chi connectivity index (χ3n) is 3.63. The van der Waals surface area contributed by atoms with Crippen LogP contribution in [0.25, 0.3) is 10.8 Å². The topological polar surface area (TPSA) is 55.1 Å². The molecule has 0 saturated carbocycles. The van der Waals surface area contributed by atoms with E-state index in [-0.39, 0.29) is 11.9 Å². The van der Waals surface area contributed by atoms with Crippen LogP contribution in [0.1, 0.15) is 30.6 Å². The van der Waals surface area contributed by atoms with Crippen LogP contribution < -0.4 is 11.1 Å². The molecule has 0 radical (unpaired) electrons. The van der Waals surface area contributed by atoms with Crippen LogP contribution in [0.3, 0.4) is 0 Å². The highest BCUT2D eigenvalue weighted by molar-refractivity contribution is 6.07. The molecule has 0 bridgehead atoms. The van der Waals surface area contributed by atoms with E-state index in [1.165, 1.54) is 0 Å². The lowest BCUT2D eigenvalue weighted by Gasteiger charge is -2.22. The summed E-state index contributed by atoms with van der Waals surface area (Å²) in [4.78, 5) is 12.5. The van der Waals surface area contributed by atoms with Gasteiger partial charge in [0.25, 0.3) is 5.91 Å². The summed E-state index contributed by atoms with van der Waals surface area (Å²) < 4.78 is 0. The predicted octanol–water partition coefficient (Wildman–Crippen LogP) is 2.94. The zero-order chi connectivity index (χ0) is 14.5. The molecule has 3 heteroatoms. The van der Waals surface area contributed by atoms with E-state index in [1.807, 2.05) is 42.5 Å². The number of amides is 1. The van der Waals surface area contributed by atoms with Crippen LogP contribution in [0.5, 0.6) is 0 Å². The van der Waals surface area contributed by atoms with Gasteiger partial charge in [0.05, 0.1) is 0 Å². The van der Waals surface area contributed by atoms with Crippen molar-refractivity contribution in [2.45, 2.75) is 26.3 Å². The number of nitrogens with one attached hydrogen (secondary N) is 1. The van der Waals surface area contributed by atoms with E-state index in [4.69, 9.17) is 5.73 Å². The zero-order valence-electron chi connectivity index (χ0n) is 12.1. The molecule has 2 aromatic rings. The highest BCUT2D eigenvalue weighted by atomic mass is 16.1. The van der Waals surface area contributed by atoms with E-state index in [2.05, 4.69) is 19.2 Å². The van der Waals surface area contributed by atoms with Gasteiger partial charge in [0, 0.05) is 11.6 Å². The van der Waals surface area contributed by atoms with Gasteiger partial charge in [0.15, 0.2) is 0 Å². The summed E-state index contributed by atoms with van der Waals surface area (Å²) in [6.45, 7) is 4.78. The summed E-state index contributed by atoms with van der Waals surface area (Å²) >= 11 is 0. The van der Waals surface area contributed by atoms with Gasteiger partial charge >= 0.3 is 0 Å². The minimum atomic E-state index is -0.0195. The molecule has 2 aromatic carbocycles. The lowest BCUT2D eigenvalue weighted by molar-refractivity contribution is 0.0925. The predicted molar refractivity (Wildman–Crippen MR) is 83.7 cm³/mol. The number of carbonyl (C=O) groups is 1. The third-order valence-corrected chi connectivity index (χ3v) is 3.63. The highest BCUT2D eigenvalue weighted by Crippen LogP contribution is 2.19. The molecule has 0 saturated heterocycles. The molecule has 0 heterocycles. The largest absolute Gasteiger partial charge is 0.349 e. The summed E-state index contributed by atoms with van der Waals surface area (Å²) in [5.74, 6) is 0.353.